The van der Waals surface area contributed by atoms with E-state index < -0.39 is 60.3 Å². The van der Waals surface area contributed by atoms with Gasteiger partial charge >= 0.3 is 0 Å². The van der Waals surface area contributed by atoms with E-state index in [2.05, 4.69) is 74.8 Å². The third kappa shape index (κ3) is 16.0. The van der Waals surface area contributed by atoms with Crippen LogP contribution in [0.1, 0.15) is 88.0 Å². The van der Waals surface area contributed by atoms with Gasteiger partial charge in [0.1, 0.15) is 45.6 Å². The van der Waals surface area contributed by atoms with Crippen LogP contribution >= 0.6 is 23.1 Å². The fourth-order valence-electron chi connectivity index (χ4n) is 10.5. The highest BCUT2D eigenvalue weighted by molar-refractivity contribution is 7.11. The minimum Gasteiger partial charge on any atom is -0.372 e. The minimum atomic E-state index is -0.896. The van der Waals surface area contributed by atoms with E-state index in [0.29, 0.717) is 21.4 Å². The van der Waals surface area contributed by atoms with E-state index in [4.69, 9.17) is 9.47 Å². The minimum absolute atomic E-state index is 0.0634. The number of rotatable bonds is 21. The first kappa shape index (κ1) is 61.3. The van der Waals surface area contributed by atoms with Crippen LogP contribution in [0.5, 0.6) is 0 Å². The van der Waals surface area contributed by atoms with Gasteiger partial charge in [0.25, 0.3) is 0 Å². The summed E-state index contributed by atoms with van der Waals surface area (Å²) in [6, 6.07) is 29.5. The molecule has 0 bridgehead atoms. The average molecular weight is 1190 g/mol. The topological polar surface area (TPSA) is 251 Å². The van der Waals surface area contributed by atoms with Crippen molar-refractivity contribution in [3.63, 3.8) is 0 Å². The number of carbonyl (C=O) groups excluding carboxylic acids is 6. The van der Waals surface area contributed by atoms with Gasteiger partial charge in [-0.05, 0) is 101 Å². The zero-order valence-corrected chi connectivity index (χ0v) is 49.8. The fraction of sp³-hybridized carbons (Fsp3) is 0.397. The summed E-state index contributed by atoms with van der Waals surface area (Å²) >= 11 is 2.12. The lowest BCUT2D eigenvalue weighted by Crippen LogP contribution is -2.57. The fourth-order valence-corrected chi connectivity index (χ4v) is 11.7. The molecule has 0 spiro atoms. The highest BCUT2D eigenvalue weighted by Crippen LogP contribution is 2.34. The number of nitrogens with one attached hydrogen (secondary N) is 6. The number of carbonyl (C=O) groups is 6. The Hall–Kier alpha value is -8.22. The zero-order chi connectivity index (χ0) is 59.8. The molecule has 3 aliphatic rings. The van der Waals surface area contributed by atoms with Crippen LogP contribution in [0.4, 0.5) is 10.0 Å². The number of benzene rings is 4. The lowest BCUT2D eigenvalue weighted by Gasteiger charge is -2.35. The summed E-state index contributed by atoms with van der Waals surface area (Å²) < 4.78 is 21.0. The molecule has 9 rings (SSSR count). The van der Waals surface area contributed by atoms with E-state index in [9.17, 15) is 28.8 Å². The first-order valence-corrected chi connectivity index (χ1v) is 30.2. The summed E-state index contributed by atoms with van der Waals surface area (Å²) in [4.78, 5) is 86.0. The van der Waals surface area contributed by atoms with E-state index in [-0.39, 0.29) is 68.7 Å². The van der Waals surface area contributed by atoms with Crippen LogP contribution in [0, 0.1) is 29.6 Å². The number of likely N-dealkylation sites (N-methyl/N-ethyl adjacent to an activating group) is 2. The van der Waals surface area contributed by atoms with Crippen molar-refractivity contribution < 1.29 is 38.2 Å². The van der Waals surface area contributed by atoms with Gasteiger partial charge in [0.05, 0.1) is 37.5 Å². The van der Waals surface area contributed by atoms with Crippen LogP contribution in [-0.4, -0.2) is 140 Å². The number of aromatic nitrogens is 4. The summed E-state index contributed by atoms with van der Waals surface area (Å²) in [6.07, 6.45) is 4.12. The van der Waals surface area contributed by atoms with Crippen LogP contribution in [0.2, 0.25) is 0 Å². The molecule has 20 nitrogen and oxygen atoms in total. The van der Waals surface area contributed by atoms with Crippen LogP contribution < -0.4 is 31.9 Å². The molecule has 6 amide bonds. The highest BCUT2D eigenvalue weighted by Gasteiger charge is 2.46. The Morgan fingerprint density at radius 1 is 0.565 bits per heavy atom. The molecule has 4 aromatic carbocycles. The van der Waals surface area contributed by atoms with Crippen molar-refractivity contribution in [2.24, 2.45) is 5.92 Å². The standard InChI is InChI=1S/C63H70N12O8S2/c1-39(64-4)56(76)66-41(3)62(80)74-35-49(33-51(74)58(78)68-60-53(70-72-84-60)46-19-9-6-10-20-46)82-37-44-29-25-42(26-30-44)17-15-16-18-43-27-31-45(32-28-43)38-83-50-34-52(59(79)69-61-54(71-73-85-61)47-21-11-7-12-22-47)75(36-50)63(81)55(48-23-13-8-14-24-48)67-57(77)40(2)65-5/h6-7,9-12,19-22,25-32,39-41,48-52,55,64-65H,8,13-14,23-24,33-38H2,1-5H3,(H,66,76)(H,67,77)(H,68,78)(H,69,79)/t39-,40-,41-,49-,50-,51-,52-,55-/m0/s1. The second-order valence-corrected chi connectivity index (χ2v) is 23.0. The van der Waals surface area contributed by atoms with E-state index in [0.717, 1.165) is 88.5 Å². The lowest BCUT2D eigenvalue weighted by molar-refractivity contribution is -0.142. The molecule has 2 aromatic heterocycles. The van der Waals surface area contributed by atoms with Gasteiger partial charge in [-0.15, -0.1) is 10.2 Å². The predicted molar refractivity (Wildman–Crippen MR) is 325 cm³/mol. The van der Waals surface area contributed by atoms with E-state index in [1.165, 1.54) is 4.90 Å². The van der Waals surface area contributed by atoms with Crippen LogP contribution in [0.25, 0.3) is 22.5 Å². The number of nitrogens with zero attached hydrogens (tertiary/aromatic N) is 6. The Kier molecular flexibility index (Phi) is 21.3. The maximum atomic E-state index is 14.8. The molecular weight excluding hydrogens is 1120 g/mol. The first-order chi connectivity index (χ1) is 41.3. The van der Waals surface area contributed by atoms with Crippen molar-refractivity contribution in [1.82, 2.24) is 50.2 Å². The molecule has 2 saturated heterocycles. The molecule has 3 fully saturated rings. The summed E-state index contributed by atoms with van der Waals surface area (Å²) in [5.41, 5.74) is 5.90. The molecule has 6 aromatic rings. The van der Waals surface area contributed by atoms with Gasteiger partial charge in [-0.25, -0.2) is 0 Å². The Labute approximate surface area is 503 Å². The largest absolute Gasteiger partial charge is 0.372 e. The molecule has 22 heteroatoms. The molecule has 442 valence electrons. The maximum Gasteiger partial charge on any atom is 0.247 e. The molecule has 0 unspecified atom stereocenters. The molecule has 1 aliphatic carbocycles. The van der Waals surface area contributed by atoms with Gasteiger partial charge in [0.2, 0.25) is 35.4 Å². The first-order valence-electron chi connectivity index (χ1n) is 28.6. The number of hydrogen-bond acceptors (Lipinski definition) is 16. The smallest absolute Gasteiger partial charge is 0.247 e. The third-order valence-electron chi connectivity index (χ3n) is 15.7. The Morgan fingerprint density at radius 2 is 1.00 bits per heavy atom. The average Bonchev–Trinajstić information content (AvgIpc) is 4.41. The van der Waals surface area contributed by atoms with Crippen molar-refractivity contribution in [3.05, 3.63) is 131 Å². The number of anilines is 2. The highest BCUT2D eigenvalue weighted by atomic mass is 32.1. The molecule has 2 aliphatic heterocycles. The van der Waals surface area contributed by atoms with Crippen molar-refractivity contribution in [1.29, 1.82) is 0 Å². The van der Waals surface area contributed by atoms with E-state index in [1.54, 1.807) is 39.8 Å². The molecule has 85 heavy (non-hydrogen) atoms. The molecule has 8 atom stereocenters. The third-order valence-corrected chi connectivity index (χ3v) is 16.9. The number of likely N-dealkylation sites (tertiary alicyclic amines) is 2. The molecule has 4 heterocycles. The lowest BCUT2D eigenvalue weighted by atomic mass is 9.83. The van der Waals surface area contributed by atoms with Gasteiger partial charge in [-0.2, -0.15) is 0 Å². The second-order valence-electron chi connectivity index (χ2n) is 21.5. The summed E-state index contributed by atoms with van der Waals surface area (Å²) in [5.74, 6) is 9.90. The van der Waals surface area contributed by atoms with Crippen molar-refractivity contribution in [3.8, 4) is 46.2 Å². The molecular formula is C63H70N12O8S2. The monoisotopic (exact) mass is 1190 g/mol. The predicted octanol–water partition coefficient (Wildman–Crippen LogP) is 6.16. The van der Waals surface area contributed by atoms with Crippen molar-refractivity contribution >= 4 is 68.5 Å². The van der Waals surface area contributed by atoms with E-state index in [1.807, 2.05) is 109 Å². The number of hydrogen-bond donors (Lipinski definition) is 6. The SMILES string of the molecule is CN[C@@H](C)C(=O)N[C@@H](C)C(=O)N1C[C@@H](OCc2ccc(C#CC#Cc3ccc(CO[C@H]4C[C@@H](C(=O)Nc5snnc5-c5ccccc5)N(C(=O)[C@@H](NC(=O)[C@H](C)NC)C5CCCCC5)C4)cc3)cc2)C[C@H]1C(=O)Nc1snnc1-c1ccccc1. The van der Waals surface area contributed by atoms with Gasteiger partial charge in [0, 0.05) is 71.2 Å². The summed E-state index contributed by atoms with van der Waals surface area (Å²) in [6.45, 7) is 5.80. The molecule has 1 saturated carbocycles. The number of amides is 6. The Morgan fingerprint density at radius 3 is 1.45 bits per heavy atom. The summed E-state index contributed by atoms with van der Waals surface area (Å²) in [5, 5.41) is 27.1. The van der Waals surface area contributed by atoms with Gasteiger partial charge in [-0.1, -0.05) is 125 Å². The van der Waals surface area contributed by atoms with Crippen LogP contribution in [0.3, 0.4) is 0 Å². The van der Waals surface area contributed by atoms with Crippen molar-refractivity contribution in [2.45, 2.75) is 127 Å². The van der Waals surface area contributed by atoms with Gasteiger partial charge < -0.3 is 51.2 Å². The van der Waals surface area contributed by atoms with Gasteiger partial charge in [-0.3, -0.25) is 28.8 Å². The molecule has 6 N–H and O–H groups in total. The number of ether oxygens (including phenoxy) is 2. The van der Waals surface area contributed by atoms with Crippen LogP contribution in [-0.2, 0) is 51.5 Å². The summed E-state index contributed by atoms with van der Waals surface area (Å²) in [7, 11) is 3.36. The van der Waals surface area contributed by atoms with Crippen molar-refractivity contribution in [2.75, 3.05) is 37.8 Å². The normalized spacial score (nSPS) is 19.0. The zero-order valence-electron chi connectivity index (χ0n) is 48.1. The second kappa shape index (κ2) is 29.5. The Bertz CT molecular complexity index is 3410. The van der Waals surface area contributed by atoms with Gasteiger partial charge in [0.15, 0.2) is 0 Å². The Balaban J connectivity index is 0.798. The maximum absolute atomic E-state index is 14.8. The van der Waals surface area contributed by atoms with Crippen LogP contribution in [0.15, 0.2) is 109 Å². The molecule has 0 radical (unpaired) electrons. The van der Waals surface area contributed by atoms with E-state index >= 15 is 0 Å². The quantitative estimate of drug-likeness (QED) is 0.0442.